The summed E-state index contributed by atoms with van der Waals surface area (Å²) in [6, 6.07) is 7.69. The molecule has 0 unspecified atom stereocenters. The number of carbonyl (C=O) groups excluding carboxylic acids is 2. The van der Waals surface area contributed by atoms with Gasteiger partial charge in [-0.05, 0) is 36.8 Å². The van der Waals surface area contributed by atoms with E-state index in [-0.39, 0.29) is 22.4 Å². The van der Waals surface area contributed by atoms with E-state index in [0.29, 0.717) is 28.7 Å². The van der Waals surface area contributed by atoms with Crippen molar-refractivity contribution >= 4 is 63.9 Å². The lowest BCUT2D eigenvalue weighted by Gasteiger charge is -2.22. The Hall–Kier alpha value is -1.53. The lowest BCUT2D eigenvalue weighted by molar-refractivity contribution is -0.116. The molecule has 2 aromatic rings. The molecular formula is C17H15Cl4N3O2. The van der Waals surface area contributed by atoms with Gasteiger partial charge < -0.3 is 10.2 Å². The van der Waals surface area contributed by atoms with Crippen molar-refractivity contribution in [3.8, 4) is 0 Å². The van der Waals surface area contributed by atoms with Gasteiger partial charge in [-0.25, -0.2) is 4.98 Å². The highest BCUT2D eigenvalue weighted by atomic mass is 35.5. The molecule has 0 atom stereocenters. The van der Waals surface area contributed by atoms with Crippen molar-refractivity contribution in [2.75, 3.05) is 18.4 Å². The van der Waals surface area contributed by atoms with Gasteiger partial charge in [0.1, 0.15) is 17.4 Å². The molecule has 5 nitrogen and oxygen atoms in total. The Labute approximate surface area is 171 Å². The second-order valence-electron chi connectivity index (χ2n) is 5.36. The van der Waals surface area contributed by atoms with Gasteiger partial charge in [-0.3, -0.25) is 9.59 Å². The van der Waals surface area contributed by atoms with Gasteiger partial charge in [-0.2, -0.15) is 0 Å². The van der Waals surface area contributed by atoms with Crippen LogP contribution in [0, 0.1) is 0 Å². The maximum atomic E-state index is 12.7. The third kappa shape index (κ3) is 5.48. The largest absolute Gasteiger partial charge is 0.328 e. The number of carbonyl (C=O) groups is 2. The molecule has 0 fully saturated rings. The first-order valence-electron chi connectivity index (χ1n) is 7.68. The molecule has 0 spiro atoms. The van der Waals surface area contributed by atoms with E-state index in [1.807, 2.05) is 6.92 Å². The summed E-state index contributed by atoms with van der Waals surface area (Å²) < 4.78 is 0. The zero-order valence-electron chi connectivity index (χ0n) is 13.7. The fourth-order valence-corrected chi connectivity index (χ4v) is 2.87. The van der Waals surface area contributed by atoms with Crippen LogP contribution in [-0.2, 0) is 4.79 Å². The number of aromatic nitrogens is 1. The standard InChI is InChI=1S/C17H15Cl4N3O2/c1-2-7-24(17(26)16-12(20)5-6-14(21)23-16)9-15(25)22-13-8-10(18)3-4-11(13)19/h3-6,8H,2,7,9H2,1H3,(H,22,25). The Kier molecular flexibility index (Phi) is 7.53. The third-order valence-corrected chi connectivity index (χ3v) is 4.41. The molecule has 1 heterocycles. The summed E-state index contributed by atoms with van der Waals surface area (Å²) in [5.74, 6) is -0.902. The smallest absolute Gasteiger partial charge is 0.274 e. The first-order valence-corrected chi connectivity index (χ1v) is 9.19. The Bertz CT molecular complexity index is 830. The number of anilines is 1. The van der Waals surface area contributed by atoms with E-state index in [4.69, 9.17) is 46.4 Å². The molecule has 0 saturated heterocycles. The third-order valence-electron chi connectivity index (χ3n) is 3.33. The second-order valence-corrected chi connectivity index (χ2v) is 7.00. The van der Waals surface area contributed by atoms with Crippen LogP contribution in [-0.4, -0.2) is 34.8 Å². The molecule has 0 saturated carbocycles. The number of nitrogens with one attached hydrogen (secondary N) is 1. The van der Waals surface area contributed by atoms with Crippen LogP contribution >= 0.6 is 46.4 Å². The molecule has 0 radical (unpaired) electrons. The highest BCUT2D eigenvalue weighted by Crippen LogP contribution is 2.25. The second kappa shape index (κ2) is 9.42. The van der Waals surface area contributed by atoms with Crippen LogP contribution in [0.5, 0.6) is 0 Å². The van der Waals surface area contributed by atoms with Gasteiger partial charge in [0.05, 0.1) is 15.7 Å². The maximum absolute atomic E-state index is 12.7. The van der Waals surface area contributed by atoms with Gasteiger partial charge in [0, 0.05) is 11.6 Å². The highest BCUT2D eigenvalue weighted by molar-refractivity contribution is 6.36. The number of pyridine rings is 1. The van der Waals surface area contributed by atoms with Crippen molar-refractivity contribution < 1.29 is 9.59 Å². The molecule has 138 valence electrons. The van der Waals surface area contributed by atoms with Crippen LogP contribution in [0.4, 0.5) is 5.69 Å². The lowest BCUT2D eigenvalue weighted by atomic mass is 10.2. The Morgan fingerprint density at radius 2 is 1.77 bits per heavy atom. The fraction of sp³-hybridized carbons (Fsp3) is 0.235. The molecule has 0 aliphatic rings. The first kappa shape index (κ1) is 20.8. The predicted octanol–water partition coefficient (Wildman–Crippen LogP) is 5.19. The Morgan fingerprint density at radius 1 is 1.08 bits per heavy atom. The van der Waals surface area contributed by atoms with Gasteiger partial charge in [-0.1, -0.05) is 53.3 Å². The zero-order valence-corrected chi connectivity index (χ0v) is 16.8. The molecule has 2 rings (SSSR count). The van der Waals surface area contributed by atoms with Crippen molar-refractivity contribution in [2.45, 2.75) is 13.3 Å². The molecule has 26 heavy (non-hydrogen) atoms. The van der Waals surface area contributed by atoms with E-state index in [1.165, 1.54) is 23.1 Å². The zero-order chi connectivity index (χ0) is 19.3. The number of halogens is 4. The number of hydrogen-bond donors (Lipinski definition) is 1. The van der Waals surface area contributed by atoms with Crippen LogP contribution < -0.4 is 5.32 Å². The molecule has 1 aromatic carbocycles. The average molecular weight is 435 g/mol. The van der Waals surface area contributed by atoms with Crippen LogP contribution in [0.3, 0.4) is 0 Å². The van der Waals surface area contributed by atoms with E-state index >= 15 is 0 Å². The van der Waals surface area contributed by atoms with Crippen molar-refractivity contribution in [1.82, 2.24) is 9.88 Å². The molecular weight excluding hydrogens is 420 g/mol. The molecule has 1 N–H and O–H groups in total. The van der Waals surface area contributed by atoms with Crippen molar-refractivity contribution in [2.24, 2.45) is 0 Å². The van der Waals surface area contributed by atoms with Crippen LogP contribution in [0.1, 0.15) is 23.8 Å². The van der Waals surface area contributed by atoms with Gasteiger partial charge in [-0.15, -0.1) is 0 Å². The predicted molar refractivity (Wildman–Crippen MR) is 106 cm³/mol. The number of rotatable bonds is 6. The minimum atomic E-state index is -0.480. The highest BCUT2D eigenvalue weighted by Gasteiger charge is 2.22. The van der Waals surface area contributed by atoms with Gasteiger partial charge >= 0.3 is 0 Å². The van der Waals surface area contributed by atoms with Crippen LogP contribution in [0.15, 0.2) is 30.3 Å². The Balaban J connectivity index is 2.16. The summed E-state index contributed by atoms with van der Waals surface area (Å²) in [6.07, 6.45) is 0.648. The summed E-state index contributed by atoms with van der Waals surface area (Å²) in [7, 11) is 0. The van der Waals surface area contributed by atoms with Crippen LogP contribution in [0.25, 0.3) is 0 Å². The van der Waals surface area contributed by atoms with E-state index in [9.17, 15) is 9.59 Å². The van der Waals surface area contributed by atoms with E-state index < -0.39 is 11.8 Å². The number of hydrogen-bond acceptors (Lipinski definition) is 3. The SMILES string of the molecule is CCCN(CC(=O)Nc1cc(Cl)ccc1Cl)C(=O)c1nc(Cl)ccc1Cl. The quantitative estimate of drug-likeness (QED) is 0.636. The molecule has 0 aliphatic heterocycles. The van der Waals surface area contributed by atoms with Gasteiger partial charge in [0.25, 0.3) is 5.91 Å². The van der Waals surface area contributed by atoms with Crippen molar-refractivity contribution in [3.63, 3.8) is 0 Å². The first-order chi connectivity index (χ1) is 12.3. The topological polar surface area (TPSA) is 62.3 Å². The van der Waals surface area contributed by atoms with E-state index in [2.05, 4.69) is 10.3 Å². The fourth-order valence-electron chi connectivity index (χ4n) is 2.20. The molecule has 9 heteroatoms. The lowest BCUT2D eigenvalue weighted by Crippen LogP contribution is -2.39. The van der Waals surface area contributed by atoms with Gasteiger partial charge in [0.15, 0.2) is 0 Å². The molecule has 2 amide bonds. The van der Waals surface area contributed by atoms with Crippen molar-refractivity contribution in [3.05, 3.63) is 56.2 Å². The van der Waals surface area contributed by atoms with Crippen molar-refractivity contribution in [1.29, 1.82) is 0 Å². The minimum Gasteiger partial charge on any atom is -0.328 e. The minimum absolute atomic E-state index is 0.00112. The Morgan fingerprint density at radius 3 is 2.46 bits per heavy atom. The van der Waals surface area contributed by atoms with E-state index in [1.54, 1.807) is 12.1 Å². The number of nitrogens with zero attached hydrogens (tertiary/aromatic N) is 2. The van der Waals surface area contributed by atoms with Crippen LogP contribution in [0.2, 0.25) is 20.2 Å². The normalized spacial score (nSPS) is 10.5. The van der Waals surface area contributed by atoms with E-state index in [0.717, 1.165) is 0 Å². The number of amides is 2. The monoisotopic (exact) mass is 433 g/mol. The average Bonchev–Trinajstić information content (AvgIpc) is 2.59. The summed E-state index contributed by atoms with van der Waals surface area (Å²) >= 11 is 23.8. The molecule has 0 bridgehead atoms. The summed E-state index contributed by atoms with van der Waals surface area (Å²) in [5, 5.41) is 3.73. The summed E-state index contributed by atoms with van der Waals surface area (Å²) in [6.45, 7) is 2.04. The molecule has 0 aliphatic carbocycles. The van der Waals surface area contributed by atoms with Gasteiger partial charge in [0.2, 0.25) is 5.91 Å². The maximum Gasteiger partial charge on any atom is 0.274 e. The molecule has 1 aromatic heterocycles. The summed E-state index contributed by atoms with van der Waals surface area (Å²) in [4.78, 5) is 30.4. The summed E-state index contributed by atoms with van der Waals surface area (Å²) in [5.41, 5.74) is 0.369. The number of benzene rings is 1.